The molecule has 19 heavy (non-hydrogen) atoms. The van der Waals surface area contributed by atoms with E-state index in [0.717, 1.165) is 12.2 Å². The smallest absolute Gasteiger partial charge is 0.123 e. The van der Waals surface area contributed by atoms with E-state index in [1.165, 1.54) is 48.4 Å². The molecule has 1 aromatic heterocycles. The van der Waals surface area contributed by atoms with Crippen LogP contribution in [0.2, 0.25) is 0 Å². The molecule has 0 aliphatic heterocycles. The van der Waals surface area contributed by atoms with Crippen LogP contribution in [0.5, 0.6) is 5.75 Å². The van der Waals surface area contributed by atoms with Crippen LogP contribution in [0, 0.1) is 0 Å². The molecule has 1 fully saturated rings. The molecule has 1 heterocycles. The van der Waals surface area contributed by atoms with Crippen molar-refractivity contribution in [3.63, 3.8) is 0 Å². The Morgan fingerprint density at radius 3 is 2.79 bits per heavy atom. The molecule has 100 valence electrons. The fraction of sp³-hybridized carbons (Fsp3) is 0.471. The second kappa shape index (κ2) is 5.60. The van der Waals surface area contributed by atoms with Crippen LogP contribution in [0.4, 0.5) is 0 Å². The van der Waals surface area contributed by atoms with E-state index in [4.69, 9.17) is 4.74 Å². The molecule has 3 rings (SSSR count). The zero-order valence-corrected chi connectivity index (χ0v) is 11.6. The van der Waals surface area contributed by atoms with Gasteiger partial charge in [-0.1, -0.05) is 13.3 Å². The highest BCUT2D eigenvalue weighted by molar-refractivity contribution is 5.84. The quantitative estimate of drug-likeness (QED) is 0.805. The molecule has 1 saturated carbocycles. The van der Waals surface area contributed by atoms with Gasteiger partial charge in [0.15, 0.2) is 0 Å². The van der Waals surface area contributed by atoms with Crippen molar-refractivity contribution in [1.29, 1.82) is 0 Å². The average Bonchev–Trinajstić information content (AvgIpc) is 2.47. The van der Waals surface area contributed by atoms with E-state index in [1.54, 1.807) is 0 Å². The average molecular weight is 255 g/mol. The Kier molecular flexibility index (Phi) is 3.67. The van der Waals surface area contributed by atoms with Gasteiger partial charge in [0.25, 0.3) is 0 Å². The maximum Gasteiger partial charge on any atom is 0.123 e. The molecule has 1 aromatic carbocycles. The highest BCUT2D eigenvalue weighted by Crippen LogP contribution is 2.30. The van der Waals surface area contributed by atoms with Crippen LogP contribution < -0.4 is 4.74 Å². The Hall–Kier alpha value is -1.57. The van der Waals surface area contributed by atoms with Crippen LogP contribution in [0.15, 0.2) is 30.6 Å². The molecular weight excluding hydrogens is 234 g/mol. The van der Waals surface area contributed by atoms with Gasteiger partial charge in [-0.15, -0.1) is 0 Å². The van der Waals surface area contributed by atoms with Gasteiger partial charge in [0.2, 0.25) is 0 Å². The summed E-state index contributed by atoms with van der Waals surface area (Å²) < 4.78 is 6.27. The SMILES string of the molecule is CCc1cc2cnccc2cc1OC1CCCCC1. The number of hydrogen-bond donors (Lipinski definition) is 0. The topological polar surface area (TPSA) is 22.1 Å². The minimum atomic E-state index is 0.415. The lowest BCUT2D eigenvalue weighted by molar-refractivity contribution is 0.154. The van der Waals surface area contributed by atoms with Gasteiger partial charge in [0.05, 0.1) is 6.10 Å². The van der Waals surface area contributed by atoms with E-state index in [2.05, 4.69) is 30.1 Å². The highest BCUT2D eigenvalue weighted by Gasteiger charge is 2.16. The first kappa shape index (κ1) is 12.5. The summed E-state index contributed by atoms with van der Waals surface area (Å²) in [5, 5.41) is 2.42. The van der Waals surface area contributed by atoms with E-state index < -0.39 is 0 Å². The second-order valence-corrected chi connectivity index (χ2v) is 5.41. The first-order chi connectivity index (χ1) is 9.36. The van der Waals surface area contributed by atoms with Gasteiger partial charge in [0, 0.05) is 17.8 Å². The third-order valence-corrected chi connectivity index (χ3v) is 4.05. The summed E-state index contributed by atoms with van der Waals surface area (Å²) in [5.74, 6) is 1.08. The van der Waals surface area contributed by atoms with Crippen LogP contribution in [0.25, 0.3) is 10.8 Å². The van der Waals surface area contributed by atoms with Crippen molar-refractivity contribution < 1.29 is 4.74 Å². The number of aryl methyl sites for hydroxylation is 1. The molecule has 0 atom stereocenters. The Labute approximate surface area is 114 Å². The van der Waals surface area contributed by atoms with Gasteiger partial charge < -0.3 is 4.74 Å². The van der Waals surface area contributed by atoms with Gasteiger partial charge in [-0.25, -0.2) is 0 Å². The van der Waals surface area contributed by atoms with Crippen molar-refractivity contribution in [3.05, 3.63) is 36.2 Å². The van der Waals surface area contributed by atoms with Crippen molar-refractivity contribution in [1.82, 2.24) is 4.98 Å². The first-order valence-electron chi connectivity index (χ1n) is 7.40. The fourth-order valence-electron chi connectivity index (χ4n) is 2.91. The van der Waals surface area contributed by atoms with Crippen molar-refractivity contribution in [2.75, 3.05) is 0 Å². The van der Waals surface area contributed by atoms with Crippen molar-refractivity contribution in [3.8, 4) is 5.75 Å². The summed E-state index contributed by atoms with van der Waals surface area (Å²) in [6, 6.07) is 6.47. The maximum atomic E-state index is 6.27. The van der Waals surface area contributed by atoms with Crippen LogP contribution >= 0.6 is 0 Å². The Bertz CT molecular complexity index is 558. The third-order valence-electron chi connectivity index (χ3n) is 4.05. The number of rotatable bonds is 3. The lowest BCUT2D eigenvalue weighted by Crippen LogP contribution is -2.20. The van der Waals surface area contributed by atoms with Gasteiger partial charge in [-0.3, -0.25) is 4.98 Å². The maximum absolute atomic E-state index is 6.27. The fourth-order valence-corrected chi connectivity index (χ4v) is 2.91. The summed E-state index contributed by atoms with van der Waals surface area (Å²) in [6.45, 7) is 2.19. The molecule has 0 bridgehead atoms. The summed E-state index contributed by atoms with van der Waals surface area (Å²) in [7, 11) is 0. The number of benzene rings is 1. The van der Waals surface area contributed by atoms with Gasteiger partial charge in [-0.2, -0.15) is 0 Å². The van der Waals surface area contributed by atoms with Crippen molar-refractivity contribution in [2.24, 2.45) is 0 Å². The third kappa shape index (κ3) is 2.73. The van der Waals surface area contributed by atoms with Gasteiger partial charge in [0.1, 0.15) is 5.75 Å². The molecule has 1 aliphatic rings. The van der Waals surface area contributed by atoms with E-state index in [0.29, 0.717) is 6.10 Å². The van der Waals surface area contributed by atoms with Gasteiger partial charge >= 0.3 is 0 Å². The molecule has 0 saturated heterocycles. The zero-order valence-electron chi connectivity index (χ0n) is 11.6. The van der Waals surface area contributed by atoms with Crippen molar-refractivity contribution in [2.45, 2.75) is 51.6 Å². The number of ether oxygens (including phenoxy) is 1. The van der Waals surface area contributed by atoms with Crippen molar-refractivity contribution >= 4 is 10.8 Å². The number of aromatic nitrogens is 1. The van der Waals surface area contributed by atoms with Crippen LogP contribution in [-0.4, -0.2) is 11.1 Å². The second-order valence-electron chi connectivity index (χ2n) is 5.41. The normalized spacial score (nSPS) is 16.7. The molecule has 0 spiro atoms. The summed E-state index contributed by atoms with van der Waals surface area (Å²) in [4.78, 5) is 4.19. The molecule has 0 unspecified atom stereocenters. The predicted octanol–water partition coefficient (Wildman–Crippen LogP) is 4.51. The first-order valence-corrected chi connectivity index (χ1v) is 7.40. The molecule has 0 amide bonds. The molecule has 2 heteroatoms. The predicted molar refractivity (Wildman–Crippen MR) is 78.6 cm³/mol. The lowest BCUT2D eigenvalue weighted by atomic mass is 9.97. The Balaban J connectivity index is 1.91. The largest absolute Gasteiger partial charge is 0.490 e. The van der Waals surface area contributed by atoms with E-state index >= 15 is 0 Å². The minimum absolute atomic E-state index is 0.415. The van der Waals surface area contributed by atoms with E-state index in [9.17, 15) is 0 Å². The molecular formula is C17H21NO. The highest BCUT2D eigenvalue weighted by atomic mass is 16.5. The molecule has 2 nitrogen and oxygen atoms in total. The van der Waals surface area contributed by atoms with Crippen LogP contribution in [-0.2, 0) is 6.42 Å². The Morgan fingerprint density at radius 1 is 1.16 bits per heavy atom. The molecule has 2 aromatic rings. The number of pyridine rings is 1. The van der Waals surface area contributed by atoms with E-state index in [-0.39, 0.29) is 0 Å². The van der Waals surface area contributed by atoms with Crippen LogP contribution in [0.1, 0.15) is 44.6 Å². The Morgan fingerprint density at radius 2 is 2.00 bits per heavy atom. The number of fused-ring (bicyclic) bond motifs is 1. The molecule has 0 radical (unpaired) electrons. The summed E-state index contributed by atoms with van der Waals surface area (Å²) in [6.07, 6.45) is 11.6. The number of nitrogens with zero attached hydrogens (tertiary/aromatic N) is 1. The minimum Gasteiger partial charge on any atom is -0.490 e. The lowest BCUT2D eigenvalue weighted by Gasteiger charge is -2.24. The molecule has 0 N–H and O–H groups in total. The number of hydrogen-bond acceptors (Lipinski definition) is 2. The monoisotopic (exact) mass is 255 g/mol. The zero-order chi connectivity index (χ0) is 13.1. The standard InChI is InChI=1S/C17H21NO/c1-2-13-10-15-12-18-9-8-14(15)11-17(13)19-16-6-4-3-5-7-16/h8-12,16H,2-7H2,1H3. The summed E-state index contributed by atoms with van der Waals surface area (Å²) >= 11 is 0. The molecule has 1 aliphatic carbocycles. The van der Waals surface area contributed by atoms with Crippen LogP contribution in [0.3, 0.4) is 0 Å². The summed E-state index contributed by atoms with van der Waals surface area (Å²) in [5.41, 5.74) is 1.30. The van der Waals surface area contributed by atoms with E-state index in [1.807, 2.05) is 12.4 Å². The van der Waals surface area contributed by atoms with Gasteiger partial charge in [-0.05, 0) is 61.3 Å².